The number of H-pyrrole nitrogens is 1. The van der Waals surface area contributed by atoms with Crippen molar-refractivity contribution >= 4 is 16.9 Å². The van der Waals surface area contributed by atoms with Crippen LogP contribution in [0.15, 0.2) is 33.9 Å². The average Bonchev–Trinajstić information content (AvgIpc) is 2.34. The van der Waals surface area contributed by atoms with E-state index in [2.05, 4.69) is 4.98 Å². The standard InChI is InChI=1S/C11H10N2O5/c14-5-8(10(16)17)13-9(15)6-3-1-2-4-7(6)12-11(13)18/h1-4,8,14H,5H2,(H,12,18)(H,16,17). The van der Waals surface area contributed by atoms with E-state index in [1.807, 2.05) is 0 Å². The third-order valence-corrected chi connectivity index (χ3v) is 2.61. The Labute approximate surface area is 99.9 Å². The highest BCUT2D eigenvalue weighted by molar-refractivity contribution is 5.78. The van der Waals surface area contributed by atoms with E-state index in [-0.39, 0.29) is 5.39 Å². The smallest absolute Gasteiger partial charge is 0.329 e. The van der Waals surface area contributed by atoms with E-state index in [4.69, 9.17) is 10.2 Å². The number of para-hydroxylation sites is 1. The van der Waals surface area contributed by atoms with Crippen LogP contribution in [0, 0.1) is 0 Å². The van der Waals surface area contributed by atoms with Crippen LogP contribution in [0.5, 0.6) is 0 Å². The Hall–Kier alpha value is -2.41. The van der Waals surface area contributed by atoms with Crippen molar-refractivity contribution in [2.75, 3.05) is 6.61 Å². The molecule has 0 saturated carbocycles. The minimum Gasteiger partial charge on any atom is -0.480 e. The molecule has 18 heavy (non-hydrogen) atoms. The Morgan fingerprint density at radius 1 is 1.33 bits per heavy atom. The second-order valence-corrected chi connectivity index (χ2v) is 3.69. The fraction of sp³-hybridized carbons (Fsp3) is 0.182. The van der Waals surface area contributed by atoms with Crippen molar-refractivity contribution in [1.29, 1.82) is 0 Å². The quantitative estimate of drug-likeness (QED) is 0.667. The summed E-state index contributed by atoms with van der Waals surface area (Å²) in [4.78, 5) is 37.0. The fourth-order valence-corrected chi connectivity index (χ4v) is 1.73. The number of aromatic nitrogens is 2. The van der Waals surface area contributed by atoms with Crippen LogP contribution in [-0.2, 0) is 4.79 Å². The molecule has 1 aromatic heterocycles. The molecule has 0 aliphatic rings. The highest BCUT2D eigenvalue weighted by Crippen LogP contribution is 2.06. The third kappa shape index (κ3) is 1.80. The van der Waals surface area contributed by atoms with Gasteiger partial charge in [0, 0.05) is 0 Å². The van der Waals surface area contributed by atoms with Crippen LogP contribution in [0.3, 0.4) is 0 Å². The fourth-order valence-electron chi connectivity index (χ4n) is 1.73. The van der Waals surface area contributed by atoms with Crippen LogP contribution < -0.4 is 11.2 Å². The van der Waals surface area contributed by atoms with Crippen molar-refractivity contribution < 1.29 is 15.0 Å². The number of aliphatic hydroxyl groups is 1. The van der Waals surface area contributed by atoms with Crippen molar-refractivity contribution in [1.82, 2.24) is 9.55 Å². The lowest BCUT2D eigenvalue weighted by Crippen LogP contribution is -2.42. The maximum Gasteiger partial charge on any atom is 0.329 e. The van der Waals surface area contributed by atoms with E-state index >= 15 is 0 Å². The van der Waals surface area contributed by atoms with E-state index in [0.717, 1.165) is 0 Å². The van der Waals surface area contributed by atoms with Gasteiger partial charge in [-0.2, -0.15) is 0 Å². The molecule has 0 aliphatic carbocycles. The van der Waals surface area contributed by atoms with Gasteiger partial charge in [-0.15, -0.1) is 0 Å². The zero-order valence-electron chi connectivity index (χ0n) is 9.16. The number of benzene rings is 1. The van der Waals surface area contributed by atoms with Crippen molar-refractivity contribution in [3.8, 4) is 0 Å². The minimum absolute atomic E-state index is 0.191. The summed E-state index contributed by atoms with van der Waals surface area (Å²) in [5.41, 5.74) is -1.28. The van der Waals surface area contributed by atoms with Gasteiger partial charge in [-0.05, 0) is 12.1 Å². The minimum atomic E-state index is -1.59. The zero-order valence-corrected chi connectivity index (χ0v) is 9.16. The predicted molar refractivity (Wildman–Crippen MR) is 62.6 cm³/mol. The summed E-state index contributed by atoms with van der Waals surface area (Å²) in [6.07, 6.45) is 0. The van der Waals surface area contributed by atoms with Crippen LogP contribution in [-0.4, -0.2) is 32.3 Å². The molecule has 1 atom stereocenters. The van der Waals surface area contributed by atoms with Gasteiger partial charge in [0.1, 0.15) is 0 Å². The SMILES string of the molecule is O=C(O)C(CO)n1c(=O)[nH]c2ccccc2c1=O. The van der Waals surface area contributed by atoms with Crippen LogP contribution >= 0.6 is 0 Å². The highest BCUT2D eigenvalue weighted by atomic mass is 16.4. The first kappa shape index (κ1) is 12.1. The van der Waals surface area contributed by atoms with E-state index < -0.39 is 29.9 Å². The molecular weight excluding hydrogens is 240 g/mol. The lowest BCUT2D eigenvalue weighted by molar-refractivity contribution is -0.142. The van der Waals surface area contributed by atoms with Gasteiger partial charge in [-0.1, -0.05) is 12.1 Å². The molecule has 7 nitrogen and oxygen atoms in total. The number of nitrogens with one attached hydrogen (secondary N) is 1. The number of aliphatic carboxylic acids is 1. The maximum absolute atomic E-state index is 12.0. The first-order chi connectivity index (χ1) is 8.56. The normalized spacial score (nSPS) is 12.5. The molecule has 0 saturated heterocycles. The molecule has 1 unspecified atom stereocenters. The molecule has 0 fully saturated rings. The molecule has 2 rings (SSSR count). The van der Waals surface area contributed by atoms with E-state index in [1.54, 1.807) is 12.1 Å². The number of hydrogen-bond acceptors (Lipinski definition) is 4. The summed E-state index contributed by atoms with van der Waals surface area (Å²) in [7, 11) is 0. The number of fused-ring (bicyclic) bond motifs is 1. The van der Waals surface area contributed by atoms with Gasteiger partial charge in [0.05, 0.1) is 17.5 Å². The second kappa shape index (κ2) is 4.46. The number of aromatic amines is 1. The largest absolute Gasteiger partial charge is 0.480 e. The Kier molecular flexibility index (Phi) is 2.99. The van der Waals surface area contributed by atoms with Gasteiger partial charge in [-0.3, -0.25) is 4.79 Å². The van der Waals surface area contributed by atoms with Gasteiger partial charge >= 0.3 is 11.7 Å². The third-order valence-electron chi connectivity index (χ3n) is 2.61. The number of carboxylic acids is 1. The van der Waals surface area contributed by atoms with Gasteiger partial charge in [0.25, 0.3) is 5.56 Å². The molecule has 0 amide bonds. The molecule has 0 bridgehead atoms. The monoisotopic (exact) mass is 250 g/mol. The molecule has 0 aliphatic heterocycles. The van der Waals surface area contributed by atoms with Crippen molar-refractivity contribution in [3.05, 3.63) is 45.1 Å². The predicted octanol–water partition coefficient (Wildman–Crippen LogP) is -0.692. The Bertz CT molecular complexity index is 715. The Morgan fingerprint density at radius 3 is 2.61 bits per heavy atom. The molecule has 94 valence electrons. The Balaban J connectivity index is 2.84. The van der Waals surface area contributed by atoms with Gasteiger partial charge in [-0.25, -0.2) is 14.2 Å². The molecular formula is C11H10N2O5. The van der Waals surface area contributed by atoms with Gasteiger partial charge in [0.15, 0.2) is 6.04 Å². The highest BCUT2D eigenvalue weighted by Gasteiger charge is 2.23. The lowest BCUT2D eigenvalue weighted by atomic mass is 10.2. The van der Waals surface area contributed by atoms with E-state index in [1.165, 1.54) is 12.1 Å². The number of nitrogens with zero attached hydrogens (tertiary/aromatic N) is 1. The molecule has 1 heterocycles. The number of rotatable bonds is 3. The topological polar surface area (TPSA) is 112 Å². The molecule has 3 N–H and O–H groups in total. The molecule has 2 aromatic rings. The lowest BCUT2D eigenvalue weighted by Gasteiger charge is -2.12. The number of carboxylic acid groups (broad SMARTS) is 1. The van der Waals surface area contributed by atoms with E-state index in [9.17, 15) is 14.4 Å². The van der Waals surface area contributed by atoms with Gasteiger partial charge < -0.3 is 15.2 Å². The summed E-state index contributed by atoms with van der Waals surface area (Å²) < 4.78 is 0.505. The van der Waals surface area contributed by atoms with Gasteiger partial charge in [0.2, 0.25) is 0 Å². The first-order valence-electron chi connectivity index (χ1n) is 5.13. The Morgan fingerprint density at radius 2 is 2.00 bits per heavy atom. The van der Waals surface area contributed by atoms with E-state index in [0.29, 0.717) is 10.1 Å². The first-order valence-corrected chi connectivity index (χ1v) is 5.13. The van der Waals surface area contributed by atoms with Crippen LogP contribution in [0.4, 0.5) is 0 Å². The number of aliphatic hydroxyl groups excluding tert-OH is 1. The molecule has 1 aromatic carbocycles. The van der Waals surface area contributed by atoms with Crippen LogP contribution in [0.1, 0.15) is 6.04 Å². The summed E-state index contributed by atoms with van der Waals surface area (Å²) in [5.74, 6) is -1.44. The number of carbonyl (C=O) groups is 1. The van der Waals surface area contributed by atoms with Crippen molar-refractivity contribution in [3.63, 3.8) is 0 Å². The summed E-state index contributed by atoms with van der Waals surface area (Å²) in [6.45, 7) is -0.837. The summed E-state index contributed by atoms with van der Waals surface area (Å²) in [5, 5.41) is 18.0. The van der Waals surface area contributed by atoms with Crippen LogP contribution in [0.25, 0.3) is 10.9 Å². The maximum atomic E-state index is 12.0. The van der Waals surface area contributed by atoms with Crippen LogP contribution in [0.2, 0.25) is 0 Å². The average molecular weight is 250 g/mol. The van der Waals surface area contributed by atoms with Crippen molar-refractivity contribution in [2.45, 2.75) is 6.04 Å². The second-order valence-electron chi connectivity index (χ2n) is 3.69. The summed E-state index contributed by atoms with van der Waals surface area (Å²) >= 11 is 0. The molecule has 0 radical (unpaired) electrons. The molecule has 7 heteroatoms. The molecule has 0 spiro atoms. The number of hydrogen-bond donors (Lipinski definition) is 3. The zero-order chi connectivity index (χ0) is 13.3. The summed E-state index contributed by atoms with van der Waals surface area (Å²) in [6, 6.07) is 4.66. The van der Waals surface area contributed by atoms with Crippen molar-refractivity contribution in [2.24, 2.45) is 0 Å².